The number of anilines is 1. The number of fused-ring (bicyclic) bond motifs is 2. The quantitative estimate of drug-likeness (QED) is 0.231. The number of carbonyl (C=O) groups is 3. The normalized spacial score (nSPS) is 25.4. The highest BCUT2D eigenvalue weighted by molar-refractivity contribution is 6.02. The van der Waals surface area contributed by atoms with Gasteiger partial charge in [0, 0.05) is 5.69 Å². The molecule has 6 atom stereocenters. The molecule has 1 aromatic heterocycles. The number of likely N-dealkylation sites (tertiary alicyclic amines) is 1. The number of nitrogens with one attached hydrogen (secondary N) is 2. The zero-order valence-electron chi connectivity index (χ0n) is 25.4. The second-order valence-corrected chi connectivity index (χ2v) is 12.1. The van der Waals surface area contributed by atoms with Crippen molar-refractivity contribution in [3.8, 4) is 5.75 Å². The SMILES string of the molecule is CCOc1ccc(NC(=O)[C@@H]2[C@@H]3CCC4(O3)C(C(=O)NCn3nnc5ccccc53)N([C@@H](CO)Cc3ccccc3)C(=O)[C@H]24)cc1. The number of hydrogen-bond donors (Lipinski definition) is 3. The zero-order valence-corrected chi connectivity index (χ0v) is 25.4. The van der Waals surface area contributed by atoms with Crippen LogP contribution in [-0.2, 0) is 32.2 Å². The van der Waals surface area contributed by atoms with Crippen LogP contribution in [0.5, 0.6) is 5.75 Å². The topological polar surface area (TPSA) is 148 Å². The van der Waals surface area contributed by atoms with Gasteiger partial charge in [-0.25, -0.2) is 4.68 Å². The molecular weight excluding hydrogens is 588 g/mol. The van der Waals surface area contributed by atoms with Crippen LogP contribution in [0.25, 0.3) is 11.0 Å². The number of para-hydroxylation sites is 1. The van der Waals surface area contributed by atoms with Crippen LogP contribution in [0.2, 0.25) is 0 Å². The Labute approximate surface area is 265 Å². The lowest BCUT2D eigenvalue weighted by molar-refractivity contribution is -0.145. The number of hydrogen-bond acceptors (Lipinski definition) is 8. The fraction of sp³-hybridized carbons (Fsp3) is 0.382. The lowest BCUT2D eigenvalue weighted by Gasteiger charge is -2.36. The summed E-state index contributed by atoms with van der Waals surface area (Å²) in [5.74, 6) is -2.14. The van der Waals surface area contributed by atoms with Crippen molar-refractivity contribution in [1.82, 2.24) is 25.2 Å². The van der Waals surface area contributed by atoms with Crippen molar-refractivity contribution >= 4 is 34.4 Å². The van der Waals surface area contributed by atoms with Gasteiger partial charge in [0.25, 0.3) is 0 Å². The van der Waals surface area contributed by atoms with E-state index in [2.05, 4.69) is 20.9 Å². The number of nitrogens with zero attached hydrogens (tertiary/aromatic N) is 4. The predicted molar refractivity (Wildman–Crippen MR) is 167 cm³/mol. The molecule has 3 aliphatic heterocycles. The van der Waals surface area contributed by atoms with Crippen molar-refractivity contribution in [2.75, 3.05) is 18.5 Å². The summed E-state index contributed by atoms with van der Waals surface area (Å²) < 4.78 is 13.7. The maximum Gasteiger partial charge on any atom is 0.247 e. The van der Waals surface area contributed by atoms with Gasteiger partial charge >= 0.3 is 0 Å². The molecule has 3 fully saturated rings. The Kier molecular flexibility index (Phi) is 7.91. The fourth-order valence-electron chi connectivity index (χ4n) is 7.53. The van der Waals surface area contributed by atoms with Gasteiger partial charge in [-0.05, 0) is 68.1 Å². The third-order valence-electron chi connectivity index (χ3n) is 9.46. The van der Waals surface area contributed by atoms with Gasteiger partial charge in [-0.15, -0.1) is 5.10 Å². The van der Waals surface area contributed by atoms with Crippen molar-refractivity contribution in [2.24, 2.45) is 11.8 Å². The summed E-state index contributed by atoms with van der Waals surface area (Å²) in [6, 6.07) is 22.2. The van der Waals surface area contributed by atoms with Gasteiger partial charge < -0.3 is 30.1 Å². The molecule has 238 valence electrons. The Bertz CT molecular complexity index is 1750. The van der Waals surface area contributed by atoms with E-state index in [1.54, 1.807) is 28.9 Å². The summed E-state index contributed by atoms with van der Waals surface area (Å²) in [6.07, 6.45) is 0.773. The number of aromatic nitrogens is 3. The first-order valence-electron chi connectivity index (χ1n) is 15.7. The van der Waals surface area contributed by atoms with E-state index in [9.17, 15) is 19.5 Å². The summed E-state index contributed by atoms with van der Waals surface area (Å²) in [6.45, 7) is 2.08. The minimum Gasteiger partial charge on any atom is -0.494 e. The minimum absolute atomic E-state index is 0.0200. The molecule has 12 heteroatoms. The van der Waals surface area contributed by atoms with Gasteiger partial charge in [0.2, 0.25) is 17.7 Å². The number of aliphatic hydroxyl groups excluding tert-OH is 1. The van der Waals surface area contributed by atoms with E-state index in [0.29, 0.717) is 42.8 Å². The van der Waals surface area contributed by atoms with Gasteiger partial charge in [0.05, 0.1) is 42.7 Å². The number of rotatable bonds is 11. The summed E-state index contributed by atoms with van der Waals surface area (Å²) >= 11 is 0. The summed E-state index contributed by atoms with van der Waals surface area (Å²) in [7, 11) is 0. The van der Waals surface area contributed by atoms with Crippen molar-refractivity contribution in [3.05, 3.63) is 84.4 Å². The first-order chi connectivity index (χ1) is 22.4. The molecule has 4 heterocycles. The van der Waals surface area contributed by atoms with Crippen LogP contribution in [0, 0.1) is 11.8 Å². The Morgan fingerprint density at radius 1 is 1.07 bits per heavy atom. The Hall–Kier alpha value is -4.81. The van der Waals surface area contributed by atoms with Crippen molar-refractivity contribution in [3.63, 3.8) is 0 Å². The van der Waals surface area contributed by atoms with E-state index in [4.69, 9.17) is 9.47 Å². The zero-order chi connectivity index (χ0) is 31.8. The molecule has 46 heavy (non-hydrogen) atoms. The second-order valence-electron chi connectivity index (χ2n) is 12.1. The first kappa shape index (κ1) is 29.9. The van der Waals surface area contributed by atoms with Gasteiger partial charge in [-0.1, -0.05) is 47.7 Å². The molecule has 0 radical (unpaired) electrons. The third kappa shape index (κ3) is 5.07. The lowest BCUT2D eigenvalue weighted by atomic mass is 9.70. The monoisotopic (exact) mass is 624 g/mol. The first-order valence-corrected chi connectivity index (χ1v) is 15.7. The maximum atomic E-state index is 14.5. The molecule has 12 nitrogen and oxygen atoms in total. The van der Waals surface area contributed by atoms with E-state index >= 15 is 0 Å². The van der Waals surface area contributed by atoms with Crippen LogP contribution < -0.4 is 15.4 Å². The highest BCUT2D eigenvalue weighted by Crippen LogP contribution is 2.59. The molecule has 3 aromatic carbocycles. The van der Waals surface area contributed by atoms with Gasteiger partial charge in [0.1, 0.15) is 29.6 Å². The van der Waals surface area contributed by atoms with Gasteiger partial charge in [0.15, 0.2) is 0 Å². The molecule has 3 aliphatic rings. The molecule has 0 saturated carbocycles. The number of amides is 3. The molecule has 2 bridgehead atoms. The molecule has 3 N–H and O–H groups in total. The predicted octanol–water partition coefficient (Wildman–Crippen LogP) is 2.52. The standard InChI is InChI=1S/C34H36N6O6/c1-2-45-24-14-12-22(13-15-24)36-31(42)28-27-16-17-34(46-27)29(28)33(44)40(23(19-41)18-21-8-4-3-5-9-21)30(34)32(43)35-20-39-26-11-7-6-10-25(26)37-38-39/h3-15,23,27-30,41H,2,16-20H2,1H3,(H,35,43)(H,36,42)/t23-,27+,28-,29+,30?,34?/m1/s1. The molecular formula is C34H36N6O6. The lowest BCUT2D eigenvalue weighted by Crippen LogP contribution is -2.58. The molecule has 3 amide bonds. The number of aliphatic hydroxyl groups is 1. The van der Waals surface area contributed by atoms with Crippen molar-refractivity contribution in [2.45, 2.75) is 56.6 Å². The highest BCUT2D eigenvalue weighted by atomic mass is 16.5. The Balaban J connectivity index is 1.19. The number of carbonyl (C=O) groups excluding carboxylic acids is 3. The second kappa shape index (κ2) is 12.2. The smallest absolute Gasteiger partial charge is 0.247 e. The minimum atomic E-state index is -1.22. The number of ether oxygens (including phenoxy) is 2. The Morgan fingerprint density at radius 3 is 2.59 bits per heavy atom. The molecule has 4 aromatic rings. The van der Waals surface area contributed by atoms with Crippen LogP contribution in [0.1, 0.15) is 25.3 Å². The van der Waals surface area contributed by atoms with E-state index in [1.165, 1.54) is 4.90 Å². The van der Waals surface area contributed by atoms with E-state index in [0.717, 1.165) is 11.1 Å². The largest absolute Gasteiger partial charge is 0.494 e. The average Bonchev–Trinajstić information content (AvgIpc) is 3.83. The summed E-state index contributed by atoms with van der Waals surface area (Å²) in [4.78, 5) is 44.1. The third-order valence-corrected chi connectivity index (χ3v) is 9.46. The van der Waals surface area contributed by atoms with E-state index in [-0.39, 0.29) is 25.1 Å². The summed E-state index contributed by atoms with van der Waals surface area (Å²) in [5.41, 5.74) is 1.70. The Morgan fingerprint density at radius 2 is 1.83 bits per heavy atom. The van der Waals surface area contributed by atoms with Crippen LogP contribution in [0.15, 0.2) is 78.9 Å². The van der Waals surface area contributed by atoms with E-state index in [1.807, 2.05) is 61.5 Å². The molecule has 2 unspecified atom stereocenters. The van der Waals surface area contributed by atoms with Crippen LogP contribution in [0.3, 0.4) is 0 Å². The average molecular weight is 625 g/mol. The maximum absolute atomic E-state index is 14.5. The summed E-state index contributed by atoms with van der Waals surface area (Å²) in [5, 5.41) is 24.9. The molecule has 7 rings (SSSR count). The van der Waals surface area contributed by atoms with Crippen molar-refractivity contribution in [1.29, 1.82) is 0 Å². The molecule has 1 spiro atoms. The fourth-order valence-corrected chi connectivity index (χ4v) is 7.53. The molecule has 0 aliphatic carbocycles. The van der Waals surface area contributed by atoms with E-state index < -0.39 is 41.5 Å². The van der Waals surface area contributed by atoms with Crippen LogP contribution in [0.4, 0.5) is 5.69 Å². The van der Waals surface area contributed by atoms with Crippen molar-refractivity contribution < 1.29 is 29.0 Å². The van der Waals surface area contributed by atoms with Crippen LogP contribution >= 0.6 is 0 Å². The highest BCUT2D eigenvalue weighted by Gasteiger charge is 2.75. The van der Waals surface area contributed by atoms with Gasteiger partial charge in [-0.2, -0.15) is 0 Å². The van der Waals surface area contributed by atoms with Crippen LogP contribution in [-0.4, -0.2) is 79.7 Å². The van der Waals surface area contributed by atoms with Gasteiger partial charge in [-0.3, -0.25) is 14.4 Å². The number of benzene rings is 3. The molecule has 3 saturated heterocycles.